The highest BCUT2D eigenvalue weighted by atomic mass is 32.1. The van der Waals surface area contributed by atoms with Gasteiger partial charge < -0.3 is 10.6 Å². The van der Waals surface area contributed by atoms with Crippen LogP contribution in [0.4, 0.5) is 0 Å². The Hall–Kier alpha value is -0.450. The van der Waals surface area contributed by atoms with Crippen LogP contribution >= 0.6 is 11.3 Å². The molecule has 17 heavy (non-hydrogen) atoms. The molecule has 2 rings (SSSR count). The summed E-state index contributed by atoms with van der Waals surface area (Å²) in [6.07, 6.45) is 7.28. The number of piperidine rings is 1. The molecule has 0 aromatic carbocycles. The lowest BCUT2D eigenvalue weighted by atomic mass is 9.95. The van der Waals surface area contributed by atoms with Gasteiger partial charge in [0.1, 0.15) is 5.01 Å². The van der Waals surface area contributed by atoms with E-state index in [2.05, 4.69) is 22.5 Å². The van der Waals surface area contributed by atoms with E-state index >= 15 is 0 Å². The molecule has 2 atom stereocenters. The molecule has 0 aliphatic carbocycles. The molecule has 4 heteroatoms. The lowest BCUT2D eigenvalue weighted by Gasteiger charge is -2.22. The normalized spacial score (nSPS) is 22.5. The van der Waals surface area contributed by atoms with Gasteiger partial charge in [-0.3, -0.25) is 0 Å². The summed E-state index contributed by atoms with van der Waals surface area (Å²) in [4.78, 5) is 4.33. The fraction of sp³-hybridized carbons (Fsp3) is 0.769. The van der Waals surface area contributed by atoms with Crippen molar-refractivity contribution in [3.63, 3.8) is 0 Å². The van der Waals surface area contributed by atoms with E-state index in [0.717, 1.165) is 12.5 Å². The molecule has 2 N–H and O–H groups in total. The molecule has 1 saturated heterocycles. The van der Waals surface area contributed by atoms with E-state index in [1.807, 2.05) is 11.6 Å². The minimum absolute atomic E-state index is 0.402. The number of rotatable bonds is 6. The summed E-state index contributed by atoms with van der Waals surface area (Å²) in [7, 11) is 0. The Morgan fingerprint density at radius 2 is 2.59 bits per heavy atom. The lowest BCUT2D eigenvalue weighted by molar-refractivity contribution is 0.346. The van der Waals surface area contributed by atoms with Crippen LogP contribution in [0.1, 0.15) is 43.7 Å². The van der Waals surface area contributed by atoms with Crippen molar-refractivity contribution < 1.29 is 0 Å². The van der Waals surface area contributed by atoms with Gasteiger partial charge in [0.05, 0.1) is 6.04 Å². The molecule has 2 heterocycles. The summed E-state index contributed by atoms with van der Waals surface area (Å²) >= 11 is 1.73. The van der Waals surface area contributed by atoms with Gasteiger partial charge >= 0.3 is 0 Å². The van der Waals surface area contributed by atoms with Crippen LogP contribution in [0, 0.1) is 5.92 Å². The second-order valence-corrected chi connectivity index (χ2v) is 5.83. The van der Waals surface area contributed by atoms with Crippen LogP contribution in [0.5, 0.6) is 0 Å². The van der Waals surface area contributed by atoms with Crippen molar-refractivity contribution in [2.24, 2.45) is 5.92 Å². The average Bonchev–Trinajstić information content (AvgIpc) is 2.89. The molecule has 2 unspecified atom stereocenters. The Kier molecular flexibility index (Phi) is 5.42. The zero-order valence-electron chi connectivity index (χ0n) is 10.6. The van der Waals surface area contributed by atoms with Crippen molar-refractivity contribution in [2.75, 3.05) is 19.6 Å². The van der Waals surface area contributed by atoms with Crippen LogP contribution < -0.4 is 10.6 Å². The third-order valence-corrected chi connectivity index (χ3v) is 4.42. The average molecular weight is 253 g/mol. The number of thiazole rings is 1. The lowest BCUT2D eigenvalue weighted by Crippen LogP contribution is -2.30. The van der Waals surface area contributed by atoms with Gasteiger partial charge in [0.2, 0.25) is 0 Å². The van der Waals surface area contributed by atoms with Gasteiger partial charge in [0.15, 0.2) is 0 Å². The summed E-state index contributed by atoms with van der Waals surface area (Å²) in [5.74, 6) is 0.903. The van der Waals surface area contributed by atoms with Crippen molar-refractivity contribution >= 4 is 11.3 Å². The Bertz CT molecular complexity index is 294. The first-order chi connectivity index (χ1) is 8.36. The molecule has 0 radical (unpaired) electrons. The Labute approximate surface area is 108 Å². The van der Waals surface area contributed by atoms with Crippen molar-refractivity contribution in [1.29, 1.82) is 0 Å². The topological polar surface area (TPSA) is 37.0 Å². The molecule has 1 aliphatic heterocycles. The number of hydrogen-bond donors (Lipinski definition) is 2. The first-order valence-corrected chi connectivity index (χ1v) is 7.57. The Balaban J connectivity index is 1.56. The molecule has 1 fully saturated rings. The second-order valence-electron chi connectivity index (χ2n) is 4.90. The van der Waals surface area contributed by atoms with Crippen LogP contribution in [-0.4, -0.2) is 24.6 Å². The highest BCUT2D eigenvalue weighted by molar-refractivity contribution is 7.09. The molecule has 0 spiro atoms. The fourth-order valence-corrected chi connectivity index (χ4v) is 3.09. The van der Waals surface area contributed by atoms with E-state index in [1.54, 1.807) is 11.3 Å². The molecule has 3 nitrogen and oxygen atoms in total. The molecular formula is C13H23N3S. The van der Waals surface area contributed by atoms with Crippen LogP contribution in [0.15, 0.2) is 11.6 Å². The van der Waals surface area contributed by atoms with Crippen LogP contribution in [0.25, 0.3) is 0 Å². The van der Waals surface area contributed by atoms with Gasteiger partial charge in [-0.25, -0.2) is 4.98 Å². The maximum Gasteiger partial charge on any atom is 0.109 e. The first-order valence-electron chi connectivity index (χ1n) is 6.70. The predicted octanol–water partition coefficient (Wildman–Crippen LogP) is 2.57. The monoisotopic (exact) mass is 253 g/mol. The van der Waals surface area contributed by atoms with Crippen molar-refractivity contribution in [3.8, 4) is 0 Å². The largest absolute Gasteiger partial charge is 0.316 e. The van der Waals surface area contributed by atoms with Crippen LogP contribution in [0.3, 0.4) is 0 Å². The molecule has 0 bridgehead atoms. The van der Waals surface area contributed by atoms with Crippen LogP contribution in [-0.2, 0) is 0 Å². The Morgan fingerprint density at radius 3 is 3.29 bits per heavy atom. The molecule has 1 aromatic heterocycles. The van der Waals surface area contributed by atoms with E-state index in [4.69, 9.17) is 0 Å². The molecule has 1 aromatic rings. The maximum absolute atomic E-state index is 4.33. The molecule has 0 amide bonds. The Morgan fingerprint density at radius 1 is 1.65 bits per heavy atom. The summed E-state index contributed by atoms with van der Waals surface area (Å²) in [6.45, 7) is 5.75. The number of aromatic nitrogens is 1. The summed E-state index contributed by atoms with van der Waals surface area (Å²) < 4.78 is 0. The van der Waals surface area contributed by atoms with E-state index in [9.17, 15) is 0 Å². The van der Waals surface area contributed by atoms with Crippen molar-refractivity contribution in [1.82, 2.24) is 15.6 Å². The third-order valence-electron chi connectivity index (χ3n) is 3.46. The fourth-order valence-electron chi connectivity index (χ4n) is 2.42. The van der Waals surface area contributed by atoms with Gasteiger partial charge in [-0.2, -0.15) is 0 Å². The van der Waals surface area contributed by atoms with E-state index in [1.165, 1.54) is 43.8 Å². The standard InChI is InChI=1S/C13H23N3S/c1-11(13-16-8-9-17-13)15-7-3-5-12-4-2-6-14-10-12/h8-9,11-12,14-15H,2-7,10H2,1H3. The van der Waals surface area contributed by atoms with E-state index < -0.39 is 0 Å². The second kappa shape index (κ2) is 7.09. The molecule has 0 saturated carbocycles. The van der Waals surface area contributed by atoms with Crippen LogP contribution in [0.2, 0.25) is 0 Å². The van der Waals surface area contributed by atoms with Gasteiger partial charge in [-0.1, -0.05) is 0 Å². The zero-order chi connectivity index (χ0) is 11.9. The van der Waals surface area contributed by atoms with Gasteiger partial charge in [-0.05, 0) is 58.2 Å². The van der Waals surface area contributed by atoms with Gasteiger partial charge in [0.25, 0.3) is 0 Å². The van der Waals surface area contributed by atoms with Gasteiger partial charge in [-0.15, -0.1) is 11.3 Å². The summed E-state index contributed by atoms with van der Waals surface area (Å²) in [5.41, 5.74) is 0. The minimum atomic E-state index is 0.402. The maximum atomic E-state index is 4.33. The quantitative estimate of drug-likeness (QED) is 0.765. The minimum Gasteiger partial charge on any atom is -0.316 e. The highest BCUT2D eigenvalue weighted by Gasteiger charge is 2.12. The number of hydrogen-bond acceptors (Lipinski definition) is 4. The molecule has 96 valence electrons. The molecular weight excluding hydrogens is 230 g/mol. The third kappa shape index (κ3) is 4.37. The van der Waals surface area contributed by atoms with E-state index in [-0.39, 0.29) is 0 Å². The smallest absolute Gasteiger partial charge is 0.109 e. The number of nitrogens with zero attached hydrogens (tertiary/aromatic N) is 1. The van der Waals surface area contributed by atoms with Gasteiger partial charge in [0, 0.05) is 11.6 Å². The SMILES string of the molecule is CC(NCCCC1CCCNC1)c1nccs1. The van der Waals surface area contributed by atoms with Crippen molar-refractivity contribution in [2.45, 2.75) is 38.6 Å². The molecule has 1 aliphatic rings. The predicted molar refractivity (Wildman–Crippen MR) is 73.4 cm³/mol. The zero-order valence-corrected chi connectivity index (χ0v) is 11.4. The first kappa shape index (κ1) is 13.0. The highest BCUT2D eigenvalue weighted by Crippen LogP contribution is 2.17. The summed E-state index contributed by atoms with van der Waals surface area (Å²) in [5, 5.41) is 10.3. The summed E-state index contributed by atoms with van der Waals surface area (Å²) in [6, 6.07) is 0.402. The van der Waals surface area contributed by atoms with E-state index in [0.29, 0.717) is 6.04 Å². The number of nitrogens with one attached hydrogen (secondary N) is 2. The van der Waals surface area contributed by atoms with Crippen molar-refractivity contribution in [3.05, 3.63) is 16.6 Å².